The summed E-state index contributed by atoms with van der Waals surface area (Å²) in [6.45, 7) is 3.55. The molecule has 2 amide bonds. The minimum atomic E-state index is -1.18. The predicted molar refractivity (Wildman–Crippen MR) is 121 cm³/mol. The molecule has 2 unspecified atom stereocenters. The third kappa shape index (κ3) is 4.43. The maximum atomic E-state index is 13.1. The molecule has 2 aromatic rings. The van der Waals surface area contributed by atoms with Crippen molar-refractivity contribution < 1.29 is 29.3 Å². The van der Waals surface area contributed by atoms with E-state index in [0.29, 0.717) is 0 Å². The molecule has 3 N–H and O–H groups in total. The van der Waals surface area contributed by atoms with E-state index in [2.05, 4.69) is 5.32 Å². The van der Waals surface area contributed by atoms with E-state index in [-0.39, 0.29) is 31.4 Å². The summed E-state index contributed by atoms with van der Waals surface area (Å²) in [5.41, 5.74) is 4.39. The van der Waals surface area contributed by atoms with E-state index >= 15 is 0 Å². The van der Waals surface area contributed by atoms with Crippen molar-refractivity contribution in [1.29, 1.82) is 0 Å². The largest absolute Gasteiger partial charge is 0.480 e. The average Bonchev–Trinajstić information content (AvgIpc) is 3.34. The highest BCUT2D eigenvalue weighted by atomic mass is 16.5. The summed E-state index contributed by atoms with van der Waals surface area (Å²) in [5, 5.41) is 21.9. The Bertz CT molecular complexity index is 1020. The number of nitrogens with one attached hydrogen (secondary N) is 1. The van der Waals surface area contributed by atoms with Gasteiger partial charge in [-0.05, 0) is 28.2 Å². The summed E-state index contributed by atoms with van der Waals surface area (Å²) < 4.78 is 5.54. The van der Waals surface area contributed by atoms with Crippen molar-refractivity contribution in [1.82, 2.24) is 10.2 Å². The molecule has 0 bridgehead atoms. The first-order valence-electron chi connectivity index (χ1n) is 11.1. The molecule has 1 saturated heterocycles. The van der Waals surface area contributed by atoms with Crippen LogP contribution in [0, 0.1) is 5.92 Å². The van der Waals surface area contributed by atoms with Crippen LogP contribution in [0.2, 0.25) is 0 Å². The quantitative estimate of drug-likeness (QED) is 0.620. The second-order valence-corrected chi connectivity index (χ2v) is 8.93. The Kier molecular flexibility index (Phi) is 6.37. The Hall–Kier alpha value is -3.39. The molecule has 3 atom stereocenters. The fourth-order valence-corrected chi connectivity index (χ4v) is 4.75. The van der Waals surface area contributed by atoms with Crippen LogP contribution in [0.5, 0.6) is 0 Å². The van der Waals surface area contributed by atoms with E-state index < -0.39 is 36.2 Å². The zero-order chi connectivity index (χ0) is 23.7. The molecule has 2 aromatic carbocycles. The minimum absolute atomic E-state index is 0.0309. The SMILES string of the molecule is CC(C)[C@@H](NC(=O)OCC1c2ccccc2-c2ccccc21)C(=O)N1CC(O)CC1C(=O)O. The lowest BCUT2D eigenvalue weighted by atomic mass is 9.98. The van der Waals surface area contributed by atoms with E-state index in [9.17, 15) is 24.6 Å². The number of alkyl carbamates (subject to hydrolysis) is 1. The Balaban J connectivity index is 1.44. The summed E-state index contributed by atoms with van der Waals surface area (Å²) in [5.74, 6) is -2.13. The summed E-state index contributed by atoms with van der Waals surface area (Å²) in [6, 6.07) is 13.9. The van der Waals surface area contributed by atoms with Crippen LogP contribution < -0.4 is 5.32 Å². The highest BCUT2D eigenvalue weighted by Gasteiger charge is 2.42. The molecule has 1 fully saturated rings. The third-order valence-corrected chi connectivity index (χ3v) is 6.40. The van der Waals surface area contributed by atoms with Gasteiger partial charge in [-0.25, -0.2) is 9.59 Å². The number of nitrogens with zero attached hydrogens (tertiary/aromatic N) is 1. The number of ether oxygens (including phenoxy) is 1. The van der Waals surface area contributed by atoms with Gasteiger partial charge in [-0.2, -0.15) is 0 Å². The maximum absolute atomic E-state index is 13.1. The van der Waals surface area contributed by atoms with Crippen LogP contribution in [0.4, 0.5) is 4.79 Å². The predicted octanol–water partition coefficient (Wildman–Crippen LogP) is 2.60. The summed E-state index contributed by atoms with van der Waals surface area (Å²) in [6.07, 6.45) is -1.68. The number of carbonyl (C=O) groups is 3. The molecule has 0 radical (unpaired) electrons. The number of β-amino-alcohol motifs (C(OH)–C–C–N with tert-alkyl or cyclic N) is 1. The van der Waals surface area contributed by atoms with Crippen molar-refractivity contribution in [3.63, 3.8) is 0 Å². The number of aliphatic hydroxyl groups is 1. The van der Waals surface area contributed by atoms with Crippen molar-refractivity contribution in [3.8, 4) is 11.1 Å². The molecule has 2 aliphatic rings. The molecule has 174 valence electrons. The molecular formula is C25H28N2O6. The average molecular weight is 453 g/mol. The number of rotatable bonds is 6. The number of aliphatic carboxylic acids is 1. The van der Waals surface area contributed by atoms with Crippen LogP contribution in [-0.2, 0) is 14.3 Å². The van der Waals surface area contributed by atoms with Gasteiger partial charge in [0.15, 0.2) is 0 Å². The molecule has 1 aliphatic heterocycles. The number of fused-ring (bicyclic) bond motifs is 3. The molecule has 1 aliphatic carbocycles. The zero-order valence-electron chi connectivity index (χ0n) is 18.6. The number of hydrogen-bond acceptors (Lipinski definition) is 5. The first kappa shape index (κ1) is 22.8. The van der Waals surface area contributed by atoms with Crippen molar-refractivity contribution in [2.75, 3.05) is 13.2 Å². The van der Waals surface area contributed by atoms with Crippen LogP contribution in [0.25, 0.3) is 11.1 Å². The van der Waals surface area contributed by atoms with Crippen molar-refractivity contribution >= 4 is 18.0 Å². The third-order valence-electron chi connectivity index (χ3n) is 6.40. The minimum Gasteiger partial charge on any atom is -0.480 e. The van der Waals surface area contributed by atoms with Crippen molar-refractivity contribution in [2.45, 2.75) is 44.4 Å². The van der Waals surface area contributed by atoms with Crippen LogP contribution in [-0.4, -0.2) is 64.4 Å². The second kappa shape index (κ2) is 9.23. The van der Waals surface area contributed by atoms with Gasteiger partial charge in [0.25, 0.3) is 0 Å². The van der Waals surface area contributed by atoms with Crippen LogP contribution in [0.15, 0.2) is 48.5 Å². The number of carboxylic acids is 1. The van der Waals surface area contributed by atoms with Gasteiger partial charge in [-0.1, -0.05) is 62.4 Å². The van der Waals surface area contributed by atoms with E-state index in [1.165, 1.54) is 0 Å². The lowest BCUT2D eigenvalue weighted by Crippen LogP contribution is -2.54. The number of carboxylic acid groups (broad SMARTS) is 1. The summed E-state index contributed by atoms with van der Waals surface area (Å²) in [4.78, 5) is 38.4. The van der Waals surface area contributed by atoms with E-state index in [1.54, 1.807) is 13.8 Å². The van der Waals surface area contributed by atoms with Gasteiger partial charge in [0, 0.05) is 18.9 Å². The molecule has 0 aromatic heterocycles. The van der Waals surface area contributed by atoms with Gasteiger partial charge < -0.3 is 25.2 Å². The standard InChI is InChI=1S/C25H28N2O6/c1-14(2)22(23(29)27-12-15(28)11-21(27)24(30)31)26-25(32)33-13-20-18-9-5-3-7-16(18)17-8-4-6-10-19(17)20/h3-10,14-15,20-22,28H,11-13H2,1-2H3,(H,26,32)(H,30,31)/t15?,21?,22-/m1/s1. The van der Waals surface area contributed by atoms with Gasteiger partial charge in [0.2, 0.25) is 5.91 Å². The van der Waals surface area contributed by atoms with Crippen LogP contribution in [0.3, 0.4) is 0 Å². The molecule has 0 saturated carbocycles. The Morgan fingerprint density at radius 2 is 1.64 bits per heavy atom. The molecule has 0 spiro atoms. The van der Waals surface area contributed by atoms with Crippen LogP contribution in [0.1, 0.15) is 37.3 Å². The highest BCUT2D eigenvalue weighted by molar-refractivity contribution is 5.90. The molecule has 4 rings (SSSR count). The molecular weight excluding hydrogens is 424 g/mol. The van der Waals surface area contributed by atoms with Gasteiger partial charge in [0.05, 0.1) is 6.10 Å². The van der Waals surface area contributed by atoms with Crippen LogP contribution >= 0.6 is 0 Å². The van der Waals surface area contributed by atoms with Crippen molar-refractivity contribution in [3.05, 3.63) is 59.7 Å². The normalized spacial score (nSPS) is 20.3. The maximum Gasteiger partial charge on any atom is 0.407 e. The molecule has 8 heteroatoms. The Labute approximate surface area is 192 Å². The fourth-order valence-electron chi connectivity index (χ4n) is 4.75. The first-order valence-corrected chi connectivity index (χ1v) is 11.1. The van der Waals surface area contributed by atoms with E-state index in [4.69, 9.17) is 4.74 Å². The second-order valence-electron chi connectivity index (χ2n) is 8.93. The Morgan fingerprint density at radius 1 is 1.06 bits per heavy atom. The van der Waals surface area contributed by atoms with Gasteiger partial charge in [-0.15, -0.1) is 0 Å². The number of carbonyl (C=O) groups excluding carboxylic acids is 2. The van der Waals surface area contributed by atoms with Crippen molar-refractivity contribution in [2.24, 2.45) is 5.92 Å². The molecule has 33 heavy (non-hydrogen) atoms. The fraction of sp³-hybridized carbons (Fsp3) is 0.400. The number of hydrogen-bond donors (Lipinski definition) is 3. The monoisotopic (exact) mass is 452 g/mol. The topological polar surface area (TPSA) is 116 Å². The molecule has 8 nitrogen and oxygen atoms in total. The number of likely N-dealkylation sites (tertiary alicyclic amines) is 1. The summed E-state index contributed by atoms with van der Waals surface area (Å²) in [7, 11) is 0. The van der Waals surface area contributed by atoms with Gasteiger partial charge in [-0.3, -0.25) is 4.79 Å². The van der Waals surface area contributed by atoms with Gasteiger partial charge in [0.1, 0.15) is 18.7 Å². The smallest absolute Gasteiger partial charge is 0.407 e. The Morgan fingerprint density at radius 3 is 2.18 bits per heavy atom. The summed E-state index contributed by atoms with van der Waals surface area (Å²) >= 11 is 0. The number of benzene rings is 2. The number of amides is 2. The van der Waals surface area contributed by atoms with E-state index in [1.807, 2.05) is 48.5 Å². The zero-order valence-corrected chi connectivity index (χ0v) is 18.6. The number of aliphatic hydroxyl groups excluding tert-OH is 1. The van der Waals surface area contributed by atoms with Gasteiger partial charge >= 0.3 is 12.1 Å². The first-order chi connectivity index (χ1) is 15.8. The highest BCUT2D eigenvalue weighted by Crippen LogP contribution is 2.44. The molecule has 1 heterocycles. The van der Waals surface area contributed by atoms with E-state index in [0.717, 1.165) is 27.2 Å². The lowest BCUT2D eigenvalue weighted by Gasteiger charge is -2.29. The lowest BCUT2D eigenvalue weighted by molar-refractivity contribution is -0.149.